The van der Waals surface area contributed by atoms with Crippen molar-refractivity contribution in [3.63, 3.8) is 0 Å². The molecule has 9 heteroatoms. The molecule has 0 aromatic carbocycles. The third-order valence-corrected chi connectivity index (χ3v) is 2.99. The number of anilines is 1. The summed E-state index contributed by atoms with van der Waals surface area (Å²) in [7, 11) is 0. The van der Waals surface area contributed by atoms with Crippen LogP contribution in [0.1, 0.15) is 12.1 Å². The van der Waals surface area contributed by atoms with E-state index in [1.807, 2.05) is 0 Å². The van der Waals surface area contributed by atoms with E-state index < -0.39 is 23.4 Å². The van der Waals surface area contributed by atoms with Crippen molar-refractivity contribution in [2.24, 2.45) is 5.73 Å². The van der Waals surface area contributed by atoms with Gasteiger partial charge in [-0.2, -0.15) is 13.2 Å². The predicted octanol–water partition coefficient (Wildman–Crippen LogP) is 0.488. The second-order valence-electron chi connectivity index (χ2n) is 4.41. The van der Waals surface area contributed by atoms with Gasteiger partial charge in [-0.1, -0.05) is 0 Å². The number of carbonyl (C=O) groups is 1. The zero-order valence-corrected chi connectivity index (χ0v) is 9.68. The van der Waals surface area contributed by atoms with Crippen LogP contribution in [-0.4, -0.2) is 39.9 Å². The first-order valence-electron chi connectivity index (χ1n) is 5.40. The number of carboxylic acid groups (broad SMARTS) is 1. The number of halogens is 3. The first-order valence-corrected chi connectivity index (χ1v) is 5.40. The zero-order chi connectivity index (χ0) is 14.3. The lowest BCUT2D eigenvalue weighted by Crippen LogP contribution is -2.50. The largest absolute Gasteiger partial charge is 0.480 e. The molecule has 1 saturated heterocycles. The minimum atomic E-state index is -4.55. The van der Waals surface area contributed by atoms with Crippen LogP contribution in [0.15, 0.2) is 12.1 Å². The van der Waals surface area contributed by atoms with Crippen molar-refractivity contribution in [1.82, 2.24) is 10.2 Å². The first-order chi connectivity index (χ1) is 8.72. The Morgan fingerprint density at radius 3 is 2.53 bits per heavy atom. The average Bonchev–Trinajstić information content (AvgIpc) is 2.72. The molecule has 104 valence electrons. The summed E-state index contributed by atoms with van der Waals surface area (Å²) in [5.41, 5.74) is 3.17. The van der Waals surface area contributed by atoms with Crippen molar-refractivity contribution in [1.29, 1.82) is 0 Å². The third kappa shape index (κ3) is 2.60. The molecule has 2 rings (SSSR count). The Bertz CT molecular complexity index is 491. The minimum Gasteiger partial charge on any atom is -0.480 e. The maximum absolute atomic E-state index is 12.3. The molecule has 0 amide bonds. The average molecular weight is 276 g/mol. The fourth-order valence-corrected chi connectivity index (χ4v) is 1.85. The number of rotatable bonds is 2. The fourth-order valence-electron chi connectivity index (χ4n) is 1.85. The van der Waals surface area contributed by atoms with Crippen LogP contribution in [0.25, 0.3) is 0 Å². The third-order valence-electron chi connectivity index (χ3n) is 2.99. The van der Waals surface area contributed by atoms with E-state index in [0.717, 1.165) is 12.1 Å². The van der Waals surface area contributed by atoms with Crippen LogP contribution in [-0.2, 0) is 11.0 Å². The molecule has 0 spiro atoms. The van der Waals surface area contributed by atoms with E-state index in [0.29, 0.717) is 6.54 Å². The number of aromatic nitrogens is 2. The van der Waals surface area contributed by atoms with Gasteiger partial charge in [-0.3, -0.25) is 4.79 Å². The van der Waals surface area contributed by atoms with E-state index in [1.165, 1.54) is 4.90 Å². The highest BCUT2D eigenvalue weighted by molar-refractivity contribution is 5.80. The molecule has 6 nitrogen and oxygen atoms in total. The standard InChI is InChI=1S/C10H11F3N4O2/c11-10(12,13)6-1-2-7(16-15-6)17-4-3-9(14,5-17)8(18)19/h1-2H,3-5,14H2,(H,18,19). The van der Waals surface area contributed by atoms with Gasteiger partial charge in [0.2, 0.25) is 0 Å². The second kappa shape index (κ2) is 4.34. The molecule has 1 fully saturated rings. The molecule has 1 atom stereocenters. The van der Waals surface area contributed by atoms with Crippen LogP contribution >= 0.6 is 0 Å². The van der Waals surface area contributed by atoms with E-state index in [1.54, 1.807) is 0 Å². The van der Waals surface area contributed by atoms with Gasteiger partial charge in [0.15, 0.2) is 11.5 Å². The molecule has 1 aromatic heterocycles. The number of nitrogens with two attached hydrogens (primary N) is 1. The number of hydrogen-bond acceptors (Lipinski definition) is 5. The normalized spacial score (nSPS) is 23.7. The minimum absolute atomic E-state index is 0.0115. The van der Waals surface area contributed by atoms with Crippen molar-refractivity contribution in [2.75, 3.05) is 18.0 Å². The van der Waals surface area contributed by atoms with E-state index in [4.69, 9.17) is 10.8 Å². The Hall–Kier alpha value is -1.90. The molecule has 0 bridgehead atoms. The van der Waals surface area contributed by atoms with Gasteiger partial charge in [0.05, 0.1) is 0 Å². The van der Waals surface area contributed by atoms with Gasteiger partial charge in [0, 0.05) is 13.1 Å². The van der Waals surface area contributed by atoms with Crippen LogP contribution in [0.5, 0.6) is 0 Å². The summed E-state index contributed by atoms with van der Waals surface area (Å²) in [6, 6.07) is 1.96. The summed E-state index contributed by atoms with van der Waals surface area (Å²) < 4.78 is 36.9. The molecule has 1 aliphatic rings. The Kier molecular flexibility index (Phi) is 3.09. The molecule has 1 aliphatic heterocycles. The number of hydrogen-bond donors (Lipinski definition) is 2. The molecule has 2 heterocycles. The van der Waals surface area contributed by atoms with Gasteiger partial charge in [-0.05, 0) is 18.6 Å². The molecule has 3 N–H and O–H groups in total. The Balaban J connectivity index is 2.15. The molecule has 1 aromatic rings. The lowest BCUT2D eigenvalue weighted by Gasteiger charge is -2.20. The molecule has 0 saturated carbocycles. The molecular formula is C10H11F3N4O2. The number of carboxylic acids is 1. The Labute approximate surface area is 106 Å². The maximum Gasteiger partial charge on any atom is 0.435 e. The number of nitrogens with zero attached hydrogens (tertiary/aromatic N) is 3. The van der Waals surface area contributed by atoms with Crippen LogP contribution in [0.4, 0.5) is 19.0 Å². The topological polar surface area (TPSA) is 92.3 Å². The van der Waals surface area contributed by atoms with Crippen LogP contribution in [0.2, 0.25) is 0 Å². The highest BCUT2D eigenvalue weighted by Gasteiger charge is 2.42. The van der Waals surface area contributed by atoms with Gasteiger partial charge >= 0.3 is 12.1 Å². The van der Waals surface area contributed by atoms with E-state index >= 15 is 0 Å². The van der Waals surface area contributed by atoms with Crippen molar-refractivity contribution < 1.29 is 23.1 Å². The van der Waals surface area contributed by atoms with Crippen LogP contribution in [0.3, 0.4) is 0 Å². The van der Waals surface area contributed by atoms with Gasteiger partial charge in [0.25, 0.3) is 0 Å². The smallest absolute Gasteiger partial charge is 0.435 e. The SMILES string of the molecule is NC1(C(=O)O)CCN(c2ccc(C(F)(F)F)nn2)C1. The molecule has 1 unspecified atom stereocenters. The summed E-state index contributed by atoms with van der Waals surface area (Å²) in [5, 5.41) is 15.5. The molecule has 19 heavy (non-hydrogen) atoms. The number of alkyl halides is 3. The maximum atomic E-state index is 12.3. The molecular weight excluding hydrogens is 265 g/mol. The van der Waals surface area contributed by atoms with E-state index in [9.17, 15) is 18.0 Å². The summed E-state index contributed by atoms with van der Waals surface area (Å²) >= 11 is 0. The Morgan fingerprint density at radius 2 is 2.11 bits per heavy atom. The monoisotopic (exact) mass is 276 g/mol. The van der Waals surface area contributed by atoms with Crippen molar-refractivity contribution in [3.05, 3.63) is 17.8 Å². The zero-order valence-electron chi connectivity index (χ0n) is 9.68. The molecule has 0 radical (unpaired) electrons. The van der Waals surface area contributed by atoms with Gasteiger partial charge in [-0.15, -0.1) is 10.2 Å². The van der Waals surface area contributed by atoms with E-state index in [-0.39, 0.29) is 18.8 Å². The van der Waals surface area contributed by atoms with Gasteiger partial charge in [0.1, 0.15) is 5.54 Å². The second-order valence-corrected chi connectivity index (χ2v) is 4.41. The van der Waals surface area contributed by atoms with Gasteiger partial charge in [-0.25, -0.2) is 0 Å². The quantitative estimate of drug-likeness (QED) is 0.816. The van der Waals surface area contributed by atoms with Crippen molar-refractivity contribution in [2.45, 2.75) is 18.1 Å². The highest BCUT2D eigenvalue weighted by atomic mass is 19.4. The van der Waals surface area contributed by atoms with Crippen molar-refractivity contribution >= 4 is 11.8 Å². The Morgan fingerprint density at radius 1 is 1.42 bits per heavy atom. The van der Waals surface area contributed by atoms with Crippen LogP contribution in [0, 0.1) is 0 Å². The van der Waals surface area contributed by atoms with Gasteiger partial charge < -0.3 is 15.7 Å². The lowest BCUT2D eigenvalue weighted by molar-refractivity contribution is -0.142. The first kappa shape index (κ1) is 13.5. The summed E-state index contributed by atoms with van der Waals surface area (Å²) in [5.74, 6) is -0.962. The van der Waals surface area contributed by atoms with Crippen LogP contribution < -0.4 is 10.6 Å². The summed E-state index contributed by atoms with van der Waals surface area (Å²) in [4.78, 5) is 12.5. The highest BCUT2D eigenvalue weighted by Crippen LogP contribution is 2.29. The summed E-state index contributed by atoms with van der Waals surface area (Å²) in [6.07, 6.45) is -4.35. The fraction of sp³-hybridized carbons (Fsp3) is 0.500. The van der Waals surface area contributed by atoms with E-state index in [2.05, 4.69) is 10.2 Å². The number of aliphatic carboxylic acids is 1. The lowest BCUT2D eigenvalue weighted by atomic mass is 10.0. The van der Waals surface area contributed by atoms with Crippen molar-refractivity contribution in [3.8, 4) is 0 Å². The predicted molar refractivity (Wildman–Crippen MR) is 58.4 cm³/mol. The summed E-state index contributed by atoms with van der Waals surface area (Å²) in [6.45, 7) is 0.297. The molecule has 0 aliphatic carbocycles.